The summed E-state index contributed by atoms with van der Waals surface area (Å²) in [5, 5.41) is 1.03. The minimum atomic E-state index is -3.68. The quantitative estimate of drug-likeness (QED) is 0.481. The molecule has 0 aliphatic heterocycles. The molecule has 0 spiro atoms. The molecule has 0 saturated heterocycles. The van der Waals surface area contributed by atoms with Crippen molar-refractivity contribution in [1.82, 2.24) is 0 Å². The lowest BCUT2D eigenvalue weighted by Gasteiger charge is -2.36. The van der Waals surface area contributed by atoms with Crippen LogP contribution in [0, 0.1) is 32.1 Å². The van der Waals surface area contributed by atoms with E-state index in [9.17, 15) is 8.42 Å². The molecular formula is C26H33NO3S. The molecule has 3 aromatic rings. The van der Waals surface area contributed by atoms with Crippen molar-refractivity contribution in [2.24, 2.45) is 11.3 Å². The maximum absolute atomic E-state index is 13.2. The Labute approximate surface area is 186 Å². The van der Waals surface area contributed by atoms with Crippen LogP contribution in [-0.4, -0.2) is 8.42 Å². The first-order valence-electron chi connectivity index (χ1n) is 11.2. The molecule has 4 rings (SSSR count). The number of benzene rings is 2. The van der Waals surface area contributed by atoms with Crippen LogP contribution < -0.4 is 4.72 Å². The Morgan fingerprint density at radius 1 is 1.10 bits per heavy atom. The van der Waals surface area contributed by atoms with Crippen LogP contribution in [0.4, 0.5) is 5.69 Å². The molecule has 166 valence electrons. The Kier molecular flexibility index (Phi) is 5.45. The average Bonchev–Trinajstić information content (AvgIpc) is 3.03. The van der Waals surface area contributed by atoms with Crippen LogP contribution in [-0.2, 0) is 22.9 Å². The third-order valence-electron chi connectivity index (χ3n) is 7.19. The van der Waals surface area contributed by atoms with Gasteiger partial charge in [0, 0.05) is 23.1 Å². The van der Waals surface area contributed by atoms with E-state index >= 15 is 0 Å². The molecule has 0 bridgehead atoms. The summed E-state index contributed by atoms with van der Waals surface area (Å²) < 4.78 is 35.3. The van der Waals surface area contributed by atoms with Gasteiger partial charge in [-0.3, -0.25) is 4.72 Å². The van der Waals surface area contributed by atoms with Gasteiger partial charge in [0.15, 0.2) is 0 Å². The standard InChI is InChI=1S/C26H33NO3S/c1-7-26(5,6)19-8-10-23-21(14-19)22-15-20(9-11-24(22)30-23)27-31(28,29)25-17(3)12-16(2)13-18(25)4/h9,11-13,15,19,27H,7-8,10,14H2,1-6H3. The summed E-state index contributed by atoms with van der Waals surface area (Å²) in [6, 6.07) is 9.44. The summed E-state index contributed by atoms with van der Waals surface area (Å²) in [7, 11) is -3.68. The SMILES string of the molecule is CCC(C)(C)C1CCc2oc3ccc(NS(=O)(=O)c4c(C)cc(C)cc4C)cc3c2C1. The number of sulfonamides is 1. The molecule has 5 heteroatoms. The fourth-order valence-corrected chi connectivity index (χ4v) is 6.60. The average molecular weight is 440 g/mol. The predicted molar refractivity (Wildman–Crippen MR) is 127 cm³/mol. The number of furan rings is 1. The highest BCUT2D eigenvalue weighted by atomic mass is 32.2. The van der Waals surface area contributed by atoms with Gasteiger partial charge < -0.3 is 4.42 Å². The Bertz CT molecular complexity index is 1230. The third-order valence-corrected chi connectivity index (χ3v) is 8.87. The Hall–Kier alpha value is -2.27. The number of hydrogen-bond donors (Lipinski definition) is 1. The minimum Gasteiger partial charge on any atom is -0.461 e. The van der Waals surface area contributed by atoms with Crippen LogP contribution in [0.1, 0.15) is 61.6 Å². The van der Waals surface area contributed by atoms with Gasteiger partial charge in [-0.2, -0.15) is 0 Å². The number of rotatable bonds is 5. The van der Waals surface area contributed by atoms with Gasteiger partial charge >= 0.3 is 0 Å². The summed E-state index contributed by atoms with van der Waals surface area (Å²) in [4.78, 5) is 0.358. The molecule has 2 aromatic carbocycles. The number of nitrogens with one attached hydrogen (secondary N) is 1. The topological polar surface area (TPSA) is 59.3 Å². The highest BCUT2D eigenvalue weighted by Gasteiger charge is 2.33. The van der Waals surface area contributed by atoms with E-state index in [0.29, 0.717) is 16.5 Å². The van der Waals surface area contributed by atoms with E-state index in [1.807, 2.05) is 45.0 Å². The van der Waals surface area contributed by atoms with Gasteiger partial charge in [-0.1, -0.05) is 44.9 Å². The number of fused-ring (bicyclic) bond motifs is 3. The second kappa shape index (κ2) is 7.70. The van der Waals surface area contributed by atoms with Gasteiger partial charge in [0.25, 0.3) is 10.0 Å². The van der Waals surface area contributed by atoms with Crippen molar-refractivity contribution < 1.29 is 12.8 Å². The molecule has 1 heterocycles. The fraction of sp³-hybridized carbons (Fsp3) is 0.462. The zero-order chi connectivity index (χ0) is 22.6. The van der Waals surface area contributed by atoms with Gasteiger partial charge in [0.1, 0.15) is 11.3 Å². The number of aryl methyl sites for hydroxylation is 4. The van der Waals surface area contributed by atoms with E-state index in [4.69, 9.17) is 4.42 Å². The van der Waals surface area contributed by atoms with Crippen LogP contribution >= 0.6 is 0 Å². The summed E-state index contributed by atoms with van der Waals surface area (Å²) in [5.74, 6) is 1.66. The second-order valence-electron chi connectivity index (χ2n) is 9.83. The van der Waals surface area contributed by atoms with Crippen molar-refractivity contribution in [3.8, 4) is 0 Å². The van der Waals surface area contributed by atoms with Crippen molar-refractivity contribution >= 4 is 26.7 Å². The van der Waals surface area contributed by atoms with Gasteiger partial charge in [0.2, 0.25) is 0 Å². The molecule has 0 amide bonds. The predicted octanol–water partition coefficient (Wildman–Crippen LogP) is 6.70. The summed E-state index contributed by atoms with van der Waals surface area (Å²) in [5.41, 5.74) is 5.52. The highest BCUT2D eigenvalue weighted by Crippen LogP contribution is 2.43. The monoisotopic (exact) mass is 439 g/mol. The first kappa shape index (κ1) is 21.9. The number of hydrogen-bond acceptors (Lipinski definition) is 3. The van der Waals surface area contributed by atoms with Crippen molar-refractivity contribution in [3.05, 3.63) is 58.3 Å². The van der Waals surface area contributed by atoms with Crippen molar-refractivity contribution in [1.29, 1.82) is 0 Å². The van der Waals surface area contributed by atoms with Crippen molar-refractivity contribution in [2.45, 2.75) is 72.1 Å². The molecule has 1 N–H and O–H groups in total. The van der Waals surface area contributed by atoms with E-state index in [1.165, 1.54) is 5.56 Å². The Balaban J connectivity index is 1.70. The molecule has 1 aliphatic rings. The molecule has 1 aromatic heterocycles. The van der Waals surface area contributed by atoms with Crippen LogP contribution in [0.3, 0.4) is 0 Å². The van der Waals surface area contributed by atoms with Crippen LogP contribution in [0.2, 0.25) is 0 Å². The van der Waals surface area contributed by atoms with Crippen molar-refractivity contribution in [2.75, 3.05) is 4.72 Å². The minimum absolute atomic E-state index is 0.279. The van der Waals surface area contributed by atoms with E-state index in [1.54, 1.807) is 6.07 Å². The zero-order valence-electron chi connectivity index (χ0n) is 19.4. The summed E-state index contributed by atoms with van der Waals surface area (Å²) in [6.45, 7) is 12.6. The summed E-state index contributed by atoms with van der Waals surface area (Å²) >= 11 is 0. The van der Waals surface area contributed by atoms with Crippen molar-refractivity contribution in [3.63, 3.8) is 0 Å². The van der Waals surface area contributed by atoms with E-state index < -0.39 is 10.0 Å². The molecule has 1 aliphatic carbocycles. The molecule has 1 atom stereocenters. The molecule has 0 fully saturated rings. The first-order valence-corrected chi connectivity index (χ1v) is 12.6. The second-order valence-corrected chi connectivity index (χ2v) is 11.4. The Morgan fingerprint density at radius 3 is 2.42 bits per heavy atom. The lowest BCUT2D eigenvalue weighted by atomic mass is 9.69. The normalized spacial score (nSPS) is 17.0. The van der Waals surface area contributed by atoms with Crippen LogP contribution in [0.25, 0.3) is 11.0 Å². The lowest BCUT2D eigenvalue weighted by molar-refractivity contribution is 0.179. The summed E-state index contributed by atoms with van der Waals surface area (Å²) in [6.07, 6.45) is 4.21. The fourth-order valence-electron chi connectivity index (χ4n) is 5.09. The largest absolute Gasteiger partial charge is 0.461 e. The zero-order valence-corrected chi connectivity index (χ0v) is 20.2. The maximum Gasteiger partial charge on any atom is 0.262 e. The van der Waals surface area contributed by atoms with Gasteiger partial charge in [-0.15, -0.1) is 0 Å². The van der Waals surface area contributed by atoms with Gasteiger partial charge in [-0.25, -0.2) is 8.42 Å². The first-order chi connectivity index (χ1) is 14.5. The van der Waals surface area contributed by atoms with Gasteiger partial charge in [-0.05, 0) is 74.3 Å². The molecule has 31 heavy (non-hydrogen) atoms. The van der Waals surface area contributed by atoms with E-state index in [2.05, 4.69) is 25.5 Å². The molecule has 0 radical (unpaired) electrons. The van der Waals surface area contributed by atoms with E-state index in [-0.39, 0.29) is 5.41 Å². The lowest BCUT2D eigenvalue weighted by Crippen LogP contribution is -2.28. The molecule has 4 nitrogen and oxygen atoms in total. The third kappa shape index (κ3) is 4.00. The maximum atomic E-state index is 13.2. The van der Waals surface area contributed by atoms with Crippen LogP contribution in [0.5, 0.6) is 0 Å². The molecule has 1 unspecified atom stereocenters. The van der Waals surface area contributed by atoms with E-state index in [0.717, 1.165) is 59.1 Å². The molecular weight excluding hydrogens is 406 g/mol. The van der Waals surface area contributed by atoms with Gasteiger partial charge in [0.05, 0.1) is 4.90 Å². The highest BCUT2D eigenvalue weighted by molar-refractivity contribution is 7.92. The number of anilines is 1. The Morgan fingerprint density at radius 2 is 1.77 bits per heavy atom. The molecule has 0 saturated carbocycles. The smallest absolute Gasteiger partial charge is 0.262 e. The van der Waals surface area contributed by atoms with Crippen LogP contribution in [0.15, 0.2) is 39.6 Å².